The number of hydrogen-bond acceptors (Lipinski definition) is 7. The summed E-state index contributed by atoms with van der Waals surface area (Å²) in [4.78, 5) is 50.8. The lowest BCUT2D eigenvalue weighted by atomic mass is 9.82. The molecular weight excluding hydrogens is 450 g/mol. The molecule has 8 nitrogen and oxygen atoms in total. The second-order valence-corrected chi connectivity index (χ2v) is 9.62. The van der Waals surface area contributed by atoms with Gasteiger partial charge in [0.2, 0.25) is 17.7 Å². The molecule has 3 atom stereocenters. The summed E-state index contributed by atoms with van der Waals surface area (Å²) in [5.74, 6) is -2.68. The Bertz CT molecular complexity index is 1300. The smallest absolute Gasteiger partial charge is 0.308 e. The van der Waals surface area contributed by atoms with Crippen molar-refractivity contribution >= 4 is 46.5 Å². The Morgan fingerprint density at radius 3 is 2.50 bits per heavy atom. The normalized spacial score (nSPS) is 21.6. The van der Waals surface area contributed by atoms with Crippen LogP contribution in [-0.2, 0) is 20.9 Å². The number of amides is 3. The Morgan fingerprint density at radius 1 is 1.03 bits per heavy atom. The Morgan fingerprint density at radius 2 is 1.75 bits per heavy atom. The Kier molecular flexibility index (Phi) is 5.10. The van der Waals surface area contributed by atoms with E-state index in [-0.39, 0.29) is 23.1 Å². The largest absolute Gasteiger partial charge is 0.508 e. The first-order valence-electron chi connectivity index (χ1n) is 9.81. The molecule has 2 unspecified atom stereocenters. The summed E-state index contributed by atoms with van der Waals surface area (Å²) in [6, 6.07) is 15.5. The van der Waals surface area contributed by atoms with Gasteiger partial charge in [0.05, 0.1) is 10.9 Å². The first-order chi connectivity index (χ1) is 15.4. The van der Waals surface area contributed by atoms with Crippen LogP contribution in [0.5, 0.6) is 5.75 Å². The zero-order chi connectivity index (χ0) is 22.4. The van der Waals surface area contributed by atoms with Crippen molar-refractivity contribution in [2.24, 2.45) is 5.92 Å². The maximum atomic E-state index is 12.9. The lowest BCUT2D eigenvalue weighted by molar-refractivity contribution is -0.126. The van der Waals surface area contributed by atoms with Crippen molar-refractivity contribution < 1.29 is 19.5 Å². The minimum atomic E-state index is -0.753. The van der Waals surface area contributed by atoms with Crippen LogP contribution in [0.15, 0.2) is 64.4 Å². The first kappa shape index (κ1) is 20.5. The predicted molar refractivity (Wildman–Crippen MR) is 120 cm³/mol. The molecule has 3 amide bonds. The van der Waals surface area contributed by atoms with Gasteiger partial charge < -0.3 is 10.4 Å². The fraction of sp³-hybridized carbons (Fsp3) is 0.182. The number of fused-ring (bicyclic) bond motifs is 2. The fourth-order valence-corrected chi connectivity index (χ4v) is 6.86. The second kappa shape index (κ2) is 7.95. The Labute approximate surface area is 190 Å². The van der Waals surface area contributed by atoms with Crippen molar-refractivity contribution in [1.29, 1.82) is 0 Å². The molecule has 32 heavy (non-hydrogen) atoms. The van der Waals surface area contributed by atoms with Crippen molar-refractivity contribution in [3.63, 3.8) is 0 Å². The number of nitrogens with one attached hydrogen (secondary N) is 2. The number of hydrogen-bond donors (Lipinski definition) is 3. The molecule has 2 aliphatic rings. The van der Waals surface area contributed by atoms with Gasteiger partial charge in [0.1, 0.15) is 17.5 Å². The molecule has 3 aromatic rings. The number of thioether (sulfide) groups is 1. The highest BCUT2D eigenvalue weighted by molar-refractivity contribution is 8.00. The number of aromatic hydroxyl groups is 1. The third-order valence-corrected chi connectivity index (χ3v) is 8.13. The molecule has 1 aromatic heterocycles. The SMILES string of the molecule is O=C(Cn1c2c(sc1=O)[C@@H](c1ccccc1O)C1C(=O)NC(=O)C1S2)Nc1ccccc1. The van der Waals surface area contributed by atoms with Crippen LogP contribution in [0.3, 0.4) is 0 Å². The maximum absolute atomic E-state index is 12.9. The minimum Gasteiger partial charge on any atom is -0.508 e. The van der Waals surface area contributed by atoms with Crippen LogP contribution in [0.25, 0.3) is 0 Å². The number of carbonyl (C=O) groups is 3. The topological polar surface area (TPSA) is 118 Å². The molecule has 0 radical (unpaired) electrons. The van der Waals surface area contributed by atoms with Crippen LogP contribution in [0.1, 0.15) is 16.4 Å². The summed E-state index contributed by atoms with van der Waals surface area (Å²) in [5.41, 5.74) is 1.08. The van der Waals surface area contributed by atoms with Crippen LogP contribution >= 0.6 is 23.1 Å². The molecule has 0 bridgehead atoms. The lowest BCUT2D eigenvalue weighted by Gasteiger charge is -2.31. The predicted octanol–water partition coefficient (Wildman–Crippen LogP) is 2.13. The lowest BCUT2D eigenvalue weighted by Crippen LogP contribution is -2.32. The molecule has 0 spiro atoms. The van der Waals surface area contributed by atoms with Gasteiger partial charge in [-0.1, -0.05) is 59.5 Å². The number of aromatic nitrogens is 1. The molecule has 2 aliphatic heterocycles. The van der Waals surface area contributed by atoms with E-state index in [1.165, 1.54) is 10.6 Å². The summed E-state index contributed by atoms with van der Waals surface area (Å²) in [5, 5.41) is 15.3. The molecule has 0 saturated carbocycles. The van der Waals surface area contributed by atoms with Gasteiger partial charge in [0, 0.05) is 22.0 Å². The van der Waals surface area contributed by atoms with Gasteiger partial charge in [-0.05, 0) is 18.2 Å². The summed E-state index contributed by atoms with van der Waals surface area (Å²) in [6.07, 6.45) is 0. The van der Waals surface area contributed by atoms with Crippen LogP contribution in [0.4, 0.5) is 5.69 Å². The van der Waals surface area contributed by atoms with E-state index < -0.39 is 28.9 Å². The number of anilines is 1. The standard InChI is InChI=1S/C22H17N3O5S2/c26-13-9-5-4-8-12(13)15-16-17(20(29)24-19(16)28)31-21-18(15)32-22(30)25(21)10-14(27)23-11-6-2-1-3-7-11/h1-9,15-17,26H,10H2,(H,23,27)(H,24,28,29)/t15-,16?,17?/m0/s1. The van der Waals surface area contributed by atoms with Gasteiger partial charge >= 0.3 is 4.87 Å². The van der Waals surface area contributed by atoms with Crippen LogP contribution in [0.2, 0.25) is 0 Å². The Hall–Kier alpha value is -3.37. The van der Waals surface area contributed by atoms with E-state index in [9.17, 15) is 24.3 Å². The number of phenolic OH excluding ortho intramolecular Hbond substituents is 1. The molecule has 0 aliphatic carbocycles. The zero-order valence-corrected chi connectivity index (χ0v) is 18.1. The number of nitrogens with zero attached hydrogens (tertiary/aromatic N) is 1. The molecule has 2 aromatic carbocycles. The molecule has 162 valence electrons. The van der Waals surface area contributed by atoms with Crippen molar-refractivity contribution in [2.75, 3.05) is 5.32 Å². The van der Waals surface area contributed by atoms with Gasteiger partial charge in [0.15, 0.2) is 0 Å². The van der Waals surface area contributed by atoms with E-state index in [1.54, 1.807) is 42.5 Å². The average Bonchev–Trinajstić information content (AvgIpc) is 3.23. The molecule has 5 rings (SSSR count). The maximum Gasteiger partial charge on any atom is 0.308 e. The Balaban J connectivity index is 1.57. The summed E-state index contributed by atoms with van der Waals surface area (Å²) < 4.78 is 1.34. The van der Waals surface area contributed by atoms with Gasteiger partial charge in [0.25, 0.3) is 0 Å². The average molecular weight is 468 g/mol. The van der Waals surface area contributed by atoms with E-state index in [4.69, 9.17) is 0 Å². The monoisotopic (exact) mass is 467 g/mol. The van der Waals surface area contributed by atoms with E-state index in [1.807, 2.05) is 6.07 Å². The van der Waals surface area contributed by atoms with Crippen molar-refractivity contribution in [2.45, 2.75) is 22.7 Å². The number of thiazole rings is 1. The van der Waals surface area contributed by atoms with Crippen LogP contribution in [-0.4, -0.2) is 32.6 Å². The molecule has 10 heteroatoms. The van der Waals surface area contributed by atoms with E-state index >= 15 is 0 Å². The quantitative estimate of drug-likeness (QED) is 0.506. The van der Waals surface area contributed by atoms with Gasteiger partial charge in [-0.2, -0.15) is 0 Å². The van der Waals surface area contributed by atoms with Gasteiger partial charge in [-0.3, -0.25) is 29.1 Å². The molecule has 3 heterocycles. The fourth-order valence-electron chi connectivity index (χ4n) is 4.13. The highest BCUT2D eigenvalue weighted by atomic mass is 32.2. The zero-order valence-electron chi connectivity index (χ0n) is 16.5. The highest BCUT2D eigenvalue weighted by Crippen LogP contribution is 2.52. The van der Waals surface area contributed by atoms with Gasteiger partial charge in [-0.15, -0.1) is 0 Å². The summed E-state index contributed by atoms with van der Waals surface area (Å²) >= 11 is 2.05. The highest BCUT2D eigenvalue weighted by Gasteiger charge is 2.53. The van der Waals surface area contributed by atoms with E-state index in [0.717, 1.165) is 23.1 Å². The van der Waals surface area contributed by atoms with Gasteiger partial charge in [-0.25, -0.2) is 0 Å². The van der Waals surface area contributed by atoms with Crippen molar-refractivity contribution in [3.8, 4) is 5.75 Å². The molecule has 1 fully saturated rings. The molecular formula is C22H17N3O5S2. The number of phenols is 1. The first-order valence-corrected chi connectivity index (χ1v) is 11.5. The van der Waals surface area contributed by atoms with E-state index in [0.29, 0.717) is 21.2 Å². The minimum absolute atomic E-state index is 0.0181. The second-order valence-electron chi connectivity index (χ2n) is 7.49. The van der Waals surface area contributed by atoms with E-state index in [2.05, 4.69) is 10.6 Å². The third-order valence-electron chi connectivity index (χ3n) is 5.52. The van der Waals surface area contributed by atoms with Crippen molar-refractivity contribution in [1.82, 2.24) is 9.88 Å². The molecule has 1 saturated heterocycles. The number of imide groups is 1. The number of rotatable bonds is 4. The van der Waals surface area contributed by atoms with Crippen molar-refractivity contribution in [3.05, 3.63) is 74.7 Å². The summed E-state index contributed by atoms with van der Waals surface area (Å²) in [6.45, 7) is -0.229. The van der Waals surface area contributed by atoms with Crippen LogP contribution < -0.4 is 15.5 Å². The van der Waals surface area contributed by atoms with Crippen LogP contribution in [0, 0.1) is 5.92 Å². The number of para-hydroxylation sites is 2. The third kappa shape index (κ3) is 3.41. The number of carbonyl (C=O) groups excluding carboxylic acids is 3. The summed E-state index contributed by atoms with van der Waals surface area (Å²) in [7, 11) is 0. The number of benzene rings is 2. The molecule has 3 N–H and O–H groups in total.